The maximum Gasteiger partial charge on any atom is 0.0920 e. The van der Waals surface area contributed by atoms with Crippen LogP contribution in [0.25, 0.3) is 0 Å². The molecule has 1 aromatic carbocycles. The zero-order chi connectivity index (χ0) is 8.97. The van der Waals surface area contributed by atoms with E-state index in [1.54, 1.807) is 7.11 Å². The summed E-state index contributed by atoms with van der Waals surface area (Å²) in [6.45, 7) is 2.10. The van der Waals surface area contributed by atoms with Crippen molar-refractivity contribution in [3.05, 3.63) is 35.4 Å². The fourth-order valence-electron chi connectivity index (χ4n) is 1.22. The summed E-state index contributed by atoms with van der Waals surface area (Å²) in [5.74, 6) is 0. The van der Waals surface area contributed by atoms with Crippen LogP contribution in [0, 0.1) is 6.92 Å². The second-order valence-corrected chi connectivity index (χ2v) is 3.38. The maximum absolute atomic E-state index is 5.32. The van der Waals surface area contributed by atoms with Crippen LogP contribution in [-0.2, 0) is 4.74 Å². The molecule has 0 N–H and O–H groups in total. The number of methoxy groups -OCH3 is 1. The first-order chi connectivity index (χ1) is 5.79. The summed E-state index contributed by atoms with van der Waals surface area (Å²) < 4.78 is 5.32. The van der Waals surface area contributed by atoms with Gasteiger partial charge in [-0.1, -0.05) is 40.2 Å². The molecule has 0 aliphatic heterocycles. The van der Waals surface area contributed by atoms with Gasteiger partial charge in [-0.15, -0.1) is 0 Å². The molecule has 12 heavy (non-hydrogen) atoms. The summed E-state index contributed by atoms with van der Waals surface area (Å²) in [4.78, 5) is 0. The molecule has 1 nitrogen and oxygen atoms in total. The Morgan fingerprint density at radius 1 is 1.42 bits per heavy atom. The Morgan fingerprint density at radius 2 is 2.08 bits per heavy atom. The average molecular weight is 229 g/mol. The van der Waals surface area contributed by atoms with Crippen LogP contribution in [0.15, 0.2) is 24.3 Å². The van der Waals surface area contributed by atoms with E-state index in [0.29, 0.717) is 0 Å². The molecule has 0 amide bonds. The maximum atomic E-state index is 5.32. The third kappa shape index (κ3) is 2.08. The van der Waals surface area contributed by atoms with Crippen LogP contribution in [0.1, 0.15) is 17.2 Å². The first-order valence-corrected chi connectivity index (χ1v) is 5.06. The number of ether oxygens (including phenoxy) is 1. The summed E-state index contributed by atoms with van der Waals surface area (Å²) in [6, 6.07) is 8.28. The molecular formula is C10H13BrO. The minimum Gasteiger partial charge on any atom is -0.376 e. The van der Waals surface area contributed by atoms with E-state index in [1.165, 1.54) is 11.1 Å². The summed E-state index contributed by atoms with van der Waals surface area (Å²) in [5.41, 5.74) is 2.54. The second-order valence-electron chi connectivity index (χ2n) is 2.74. The van der Waals surface area contributed by atoms with Gasteiger partial charge in [0.25, 0.3) is 0 Å². The van der Waals surface area contributed by atoms with Crippen molar-refractivity contribution in [2.45, 2.75) is 13.0 Å². The molecule has 1 aromatic rings. The van der Waals surface area contributed by atoms with Gasteiger partial charge in [0.15, 0.2) is 0 Å². The highest BCUT2D eigenvalue weighted by Gasteiger charge is 2.09. The lowest BCUT2D eigenvalue weighted by atomic mass is 10.1. The fraction of sp³-hybridized carbons (Fsp3) is 0.400. The third-order valence-electron chi connectivity index (χ3n) is 1.96. The fourth-order valence-corrected chi connectivity index (χ4v) is 1.83. The lowest BCUT2D eigenvalue weighted by Gasteiger charge is -2.14. The van der Waals surface area contributed by atoms with E-state index in [9.17, 15) is 0 Å². The predicted octanol–water partition coefficient (Wildman–Crippen LogP) is 3.08. The molecule has 0 bridgehead atoms. The van der Waals surface area contributed by atoms with E-state index in [2.05, 4.69) is 35.0 Å². The highest BCUT2D eigenvalue weighted by molar-refractivity contribution is 9.09. The molecule has 2 heteroatoms. The van der Waals surface area contributed by atoms with Crippen molar-refractivity contribution in [2.24, 2.45) is 0 Å². The molecule has 1 atom stereocenters. The van der Waals surface area contributed by atoms with E-state index in [-0.39, 0.29) is 6.10 Å². The molecule has 0 aliphatic rings. The Balaban J connectivity index is 2.92. The zero-order valence-corrected chi connectivity index (χ0v) is 8.97. The Bertz CT molecular complexity index is 243. The molecule has 0 aromatic heterocycles. The Labute approximate surface area is 81.9 Å². The smallest absolute Gasteiger partial charge is 0.0920 e. The monoisotopic (exact) mass is 228 g/mol. The van der Waals surface area contributed by atoms with Crippen molar-refractivity contribution in [1.29, 1.82) is 0 Å². The minimum atomic E-state index is 0.172. The number of aryl methyl sites for hydroxylation is 1. The van der Waals surface area contributed by atoms with Crippen LogP contribution in [0.3, 0.4) is 0 Å². The first kappa shape index (κ1) is 9.75. The van der Waals surface area contributed by atoms with Crippen molar-refractivity contribution >= 4 is 15.9 Å². The zero-order valence-electron chi connectivity index (χ0n) is 7.38. The summed E-state index contributed by atoms with van der Waals surface area (Å²) >= 11 is 3.42. The van der Waals surface area contributed by atoms with Gasteiger partial charge < -0.3 is 4.74 Å². The van der Waals surface area contributed by atoms with E-state index in [1.807, 2.05) is 12.1 Å². The Hall–Kier alpha value is -0.340. The molecule has 0 spiro atoms. The van der Waals surface area contributed by atoms with Crippen LogP contribution in [0.5, 0.6) is 0 Å². The number of hydrogen-bond donors (Lipinski definition) is 0. The van der Waals surface area contributed by atoms with Crippen molar-refractivity contribution in [3.8, 4) is 0 Å². The summed E-state index contributed by atoms with van der Waals surface area (Å²) in [7, 11) is 1.73. The number of alkyl halides is 1. The van der Waals surface area contributed by atoms with E-state index in [0.717, 1.165) is 5.33 Å². The number of hydrogen-bond acceptors (Lipinski definition) is 1. The lowest BCUT2D eigenvalue weighted by molar-refractivity contribution is 0.124. The molecule has 66 valence electrons. The van der Waals surface area contributed by atoms with Crippen LogP contribution in [-0.4, -0.2) is 12.4 Å². The van der Waals surface area contributed by atoms with Gasteiger partial charge in [0.05, 0.1) is 6.10 Å². The van der Waals surface area contributed by atoms with Gasteiger partial charge >= 0.3 is 0 Å². The van der Waals surface area contributed by atoms with E-state index < -0.39 is 0 Å². The minimum absolute atomic E-state index is 0.172. The van der Waals surface area contributed by atoms with Crippen molar-refractivity contribution < 1.29 is 4.74 Å². The number of benzene rings is 1. The van der Waals surface area contributed by atoms with Crippen molar-refractivity contribution in [3.63, 3.8) is 0 Å². The molecular weight excluding hydrogens is 216 g/mol. The molecule has 0 fully saturated rings. The second kappa shape index (κ2) is 4.63. The third-order valence-corrected chi connectivity index (χ3v) is 2.55. The van der Waals surface area contributed by atoms with Gasteiger partial charge in [0.2, 0.25) is 0 Å². The number of halogens is 1. The predicted molar refractivity (Wildman–Crippen MR) is 54.7 cm³/mol. The molecule has 0 aliphatic carbocycles. The molecule has 0 radical (unpaired) electrons. The van der Waals surface area contributed by atoms with Crippen LogP contribution >= 0.6 is 15.9 Å². The largest absolute Gasteiger partial charge is 0.376 e. The van der Waals surface area contributed by atoms with Crippen LogP contribution < -0.4 is 0 Å². The van der Waals surface area contributed by atoms with Gasteiger partial charge in [0, 0.05) is 12.4 Å². The van der Waals surface area contributed by atoms with Crippen LogP contribution in [0.4, 0.5) is 0 Å². The van der Waals surface area contributed by atoms with Gasteiger partial charge in [0.1, 0.15) is 0 Å². The molecule has 0 saturated heterocycles. The molecule has 0 saturated carbocycles. The standard InChI is InChI=1S/C10H13BrO/c1-8-5-3-4-6-9(8)10(7-11)12-2/h3-6,10H,7H2,1-2H3. The first-order valence-electron chi connectivity index (χ1n) is 3.94. The highest BCUT2D eigenvalue weighted by atomic mass is 79.9. The molecule has 1 rings (SSSR count). The normalized spacial score (nSPS) is 12.9. The summed E-state index contributed by atoms with van der Waals surface area (Å²) in [6.07, 6.45) is 0.172. The Kier molecular flexibility index (Phi) is 3.76. The highest BCUT2D eigenvalue weighted by Crippen LogP contribution is 2.21. The Morgan fingerprint density at radius 3 is 2.58 bits per heavy atom. The van der Waals surface area contributed by atoms with Gasteiger partial charge in [-0.05, 0) is 18.1 Å². The van der Waals surface area contributed by atoms with Gasteiger partial charge in [-0.2, -0.15) is 0 Å². The topological polar surface area (TPSA) is 9.23 Å². The molecule has 1 unspecified atom stereocenters. The van der Waals surface area contributed by atoms with Gasteiger partial charge in [-0.25, -0.2) is 0 Å². The molecule has 0 heterocycles. The SMILES string of the molecule is COC(CBr)c1ccccc1C. The van der Waals surface area contributed by atoms with E-state index in [4.69, 9.17) is 4.74 Å². The number of rotatable bonds is 3. The van der Waals surface area contributed by atoms with E-state index >= 15 is 0 Å². The quantitative estimate of drug-likeness (QED) is 0.723. The lowest BCUT2D eigenvalue weighted by Crippen LogP contribution is -2.04. The van der Waals surface area contributed by atoms with Crippen molar-refractivity contribution in [1.82, 2.24) is 0 Å². The van der Waals surface area contributed by atoms with Crippen molar-refractivity contribution in [2.75, 3.05) is 12.4 Å². The summed E-state index contributed by atoms with van der Waals surface area (Å²) in [5, 5.41) is 0.842. The average Bonchev–Trinajstić information content (AvgIpc) is 2.10. The van der Waals surface area contributed by atoms with Crippen LogP contribution in [0.2, 0.25) is 0 Å². The van der Waals surface area contributed by atoms with Gasteiger partial charge in [-0.3, -0.25) is 0 Å².